The molecule has 5 nitrogen and oxygen atoms in total. The number of nitrogens with zero attached hydrogens (tertiary/aromatic N) is 1. The number of hydrogen-bond acceptors (Lipinski definition) is 3. The van der Waals surface area contributed by atoms with Crippen molar-refractivity contribution in [2.45, 2.75) is 52.4 Å². The quantitative estimate of drug-likeness (QED) is 0.891. The summed E-state index contributed by atoms with van der Waals surface area (Å²) in [6, 6.07) is 5.46. The van der Waals surface area contributed by atoms with Crippen LogP contribution in [0.4, 0.5) is 0 Å². The fourth-order valence-electron chi connectivity index (χ4n) is 3.00. The van der Waals surface area contributed by atoms with Crippen LogP contribution in [-0.4, -0.2) is 38.3 Å². The van der Waals surface area contributed by atoms with Crippen molar-refractivity contribution in [2.24, 2.45) is 11.3 Å². The second-order valence-corrected chi connectivity index (χ2v) is 10.2. The molecule has 6 heteroatoms. The Hall–Kier alpha value is -1.40. The molecule has 1 fully saturated rings. The molecule has 2 rings (SSSR count). The van der Waals surface area contributed by atoms with Crippen LogP contribution in [0, 0.1) is 25.2 Å². The lowest BCUT2D eigenvalue weighted by Gasteiger charge is -2.32. The van der Waals surface area contributed by atoms with E-state index in [1.54, 1.807) is 6.07 Å². The summed E-state index contributed by atoms with van der Waals surface area (Å²) in [5, 5.41) is 2.96. The van der Waals surface area contributed by atoms with Gasteiger partial charge in [0.25, 0.3) is 0 Å². The van der Waals surface area contributed by atoms with E-state index in [-0.39, 0.29) is 23.8 Å². The SMILES string of the molecule is Cc1ccc(C)c(S(=O)(=O)N2CCC[C@H](C(=O)NCC(C)(C)C)C2)c1. The maximum atomic E-state index is 13.0. The molecule has 1 atom stereocenters. The summed E-state index contributed by atoms with van der Waals surface area (Å²) >= 11 is 0. The topological polar surface area (TPSA) is 66.5 Å². The molecule has 0 bridgehead atoms. The van der Waals surface area contributed by atoms with E-state index in [0.717, 1.165) is 17.5 Å². The molecule has 0 aromatic heterocycles. The monoisotopic (exact) mass is 366 g/mol. The first kappa shape index (κ1) is 19.9. The van der Waals surface area contributed by atoms with Crippen molar-refractivity contribution in [2.75, 3.05) is 19.6 Å². The van der Waals surface area contributed by atoms with E-state index in [1.165, 1.54) is 4.31 Å². The van der Waals surface area contributed by atoms with Gasteiger partial charge in [-0.3, -0.25) is 4.79 Å². The summed E-state index contributed by atoms with van der Waals surface area (Å²) in [6.45, 7) is 11.2. The van der Waals surface area contributed by atoms with Gasteiger partial charge in [0.1, 0.15) is 0 Å². The minimum Gasteiger partial charge on any atom is -0.355 e. The maximum absolute atomic E-state index is 13.0. The first-order chi connectivity index (χ1) is 11.5. The van der Waals surface area contributed by atoms with Crippen LogP contribution in [0.1, 0.15) is 44.7 Å². The van der Waals surface area contributed by atoms with Gasteiger partial charge in [-0.05, 0) is 49.3 Å². The third-order valence-electron chi connectivity index (χ3n) is 4.51. The smallest absolute Gasteiger partial charge is 0.243 e. The molecule has 140 valence electrons. The number of carbonyl (C=O) groups is 1. The lowest BCUT2D eigenvalue weighted by Crippen LogP contribution is -2.46. The molecule has 0 aliphatic carbocycles. The van der Waals surface area contributed by atoms with Crippen LogP contribution in [0.25, 0.3) is 0 Å². The van der Waals surface area contributed by atoms with Gasteiger partial charge in [0, 0.05) is 19.6 Å². The highest BCUT2D eigenvalue weighted by Gasteiger charge is 2.34. The minimum absolute atomic E-state index is 0.00870. The van der Waals surface area contributed by atoms with Crippen molar-refractivity contribution < 1.29 is 13.2 Å². The predicted molar refractivity (Wildman–Crippen MR) is 99.9 cm³/mol. The molecule has 25 heavy (non-hydrogen) atoms. The van der Waals surface area contributed by atoms with E-state index in [9.17, 15) is 13.2 Å². The van der Waals surface area contributed by atoms with Crippen molar-refractivity contribution in [3.8, 4) is 0 Å². The standard InChI is InChI=1S/C19H30N2O3S/c1-14-8-9-15(2)17(11-14)25(23,24)21-10-6-7-16(12-21)18(22)20-13-19(3,4)5/h8-9,11,16H,6-7,10,12-13H2,1-5H3,(H,20,22)/t16-/m0/s1. The first-order valence-electron chi connectivity index (χ1n) is 8.86. The van der Waals surface area contributed by atoms with Crippen molar-refractivity contribution in [1.29, 1.82) is 0 Å². The molecule has 1 amide bonds. The van der Waals surface area contributed by atoms with Crippen LogP contribution < -0.4 is 5.32 Å². The third kappa shape index (κ3) is 5.05. The summed E-state index contributed by atoms with van der Waals surface area (Å²) < 4.78 is 27.6. The minimum atomic E-state index is -3.57. The zero-order valence-corrected chi connectivity index (χ0v) is 16.7. The van der Waals surface area contributed by atoms with Gasteiger partial charge in [0.05, 0.1) is 10.8 Å². The molecule has 1 aliphatic rings. The van der Waals surface area contributed by atoms with Gasteiger partial charge in [-0.1, -0.05) is 32.9 Å². The van der Waals surface area contributed by atoms with E-state index in [1.807, 2.05) is 26.0 Å². The second kappa shape index (κ2) is 7.46. The van der Waals surface area contributed by atoms with Gasteiger partial charge >= 0.3 is 0 Å². The van der Waals surface area contributed by atoms with Crippen LogP contribution in [0.3, 0.4) is 0 Å². The molecule has 1 N–H and O–H groups in total. The predicted octanol–water partition coefficient (Wildman–Crippen LogP) is 2.87. The van der Waals surface area contributed by atoms with Crippen LogP contribution in [0.2, 0.25) is 0 Å². The number of amides is 1. The van der Waals surface area contributed by atoms with Crippen molar-refractivity contribution in [3.63, 3.8) is 0 Å². The van der Waals surface area contributed by atoms with Gasteiger partial charge < -0.3 is 5.32 Å². The summed E-state index contributed by atoms with van der Waals surface area (Å²) in [4.78, 5) is 12.8. The number of nitrogens with one attached hydrogen (secondary N) is 1. The Morgan fingerprint density at radius 1 is 1.28 bits per heavy atom. The van der Waals surface area contributed by atoms with Gasteiger partial charge in [0.15, 0.2) is 0 Å². The highest BCUT2D eigenvalue weighted by molar-refractivity contribution is 7.89. The normalized spacial score (nSPS) is 19.6. The molecule has 0 unspecified atom stereocenters. The van der Waals surface area contributed by atoms with E-state index in [4.69, 9.17) is 0 Å². The molecule has 1 saturated heterocycles. The maximum Gasteiger partial charge on any atom is 0.243 e. The first-order valence-corrected chi connectivity index (χ1v) is 10.3. The van der Waals surface area contributed by atoms with E-state index >= 15 is 0 Å². The van der Waals surface area contributed by atoms with E-state index in [0.29, 0.717) is 24.4 Å². The molecular formula is C19H30N2O3S. The molecule has 0 radical (unpaired) electrons. The largest absolute Gasteiger partial charge is 0.355 e. The van der Waals surface area contributed by atoms with Crippen molar-refractivity contribution in [3.05, 3.63) is 29.3 Å². The Bertz CT molecular complexity index is 736. The lowest BCUT2D eigenvalue weighted by molar-refractivity contribution is -0.126. The molecule has 1 heterocycles. The highest BCUT2D eigenvalue weighted by atomic mass is 32.2. The van der Waals surface area contributed by atoms with Crippen molar-refractivity contribution >= 4 is 15.9 Å². The summed E-state index contributed by atoms with van der Waals surface area (Å²) in [5.74, 6) is -0.327. The fraction of sp³-hybridized carbons (Fsp3) is 0.632. The Labute approximate surface area is 151 Å². The van der Waals surface area contributed by atoms with E-state index < -0.39 is 10.0 Å². The Morgan fingerprint density at radius 2 is 1.96 bits per heavy atom. The average molecular weight is 367 g/mol. The number of rotatable bonds is 4. The molecule has 1 aliphatic heterocycles. The van der Waals surface area contributed by atoms with Gasteiger partial charge in [-0.15, -0.1) is 0 Å². The van der Waals surface area contributed by atoms with Crippen LogP contribution in [-0.2, 0) is 14.8 Å². The zero-order valence-electron chi connectivity index (χ0n) is 15.9. The molecule has 0 spiro atoms. The number of hydrogen-bond donors (Lipinski definition) is 1. The highest BCUT2D eigenvalue weighted by Crippen LogP contribution is 2.26. The number of sulfonamides is 1. The van der Waals surface area contributed by atoms with Gasteiger partial charge in [-0.2, -0.15) is 4.31 Å². The van der Waals surface area contributed by atoms with Crippen molar-refractivity contribution in [1.82, 2.24) is 9.62 Å². The lowest BCUT2D eigenvalue weighted by atomic mass is 9.95. The third-order valence-corrected chi connectivity index (χ3v) is 6.52. The summed E-state index contributed by atoms with van der Waals surface area (Å²) in [5.41, 5.74) is 1.67. The molecule has 0 saturated carbocycles. The summed E-state index contributed by atoms with van der Waals surface area (Å²) in [6.07, 6.45) is 1.44. The van der Waals surface area contributed by atoms with Crippen LogP contribution in [0.15, 0.2) is 23.1 Å². The molecule has 1 aromatic rings. The number of piperidine rings is 1. The number of aryl methyl sites for hydroxylation is 2. The Morgan fingerprint density at radius 3 is 2.60 bits per heavy atom. The number of carbonyl (C=O) groups excluding carboxylic acids is 1. The Kier molecular flexibility index (Phi) is 5.94. The number of benzene rings is 1. The summed E-state index contributed by atoms with van der Waals surface area (Å²) in [7, 11) is -3.57. The zero-order chi connectivity index (χ0) is 18.8. The van der Waals surface area contributed by atoms with Crippen LogP contribution in [0.5, 0.6) is 0 Å². The second-order valence-electron chi connectivity index (χ2n) is 8.25. The van der Waals surface area contributed by atoms with Gasteiger partial charge in [0.2, 0.25) is 15.9 Å². The molecule has 1 aromatic carbocycles. The molecular weight excluding hydrogens is 336 g/mol. The van der Waals surface area contributed by atoms with Gasteiger partial charge in [-0.25, -0.2) is 8.42 Å². The van der Waals surface area contributed by atoms with Crippen LogP contribution >= 0.6 is 0 Å². The van der Waals surface area contributed by atoms with E-state index in [2.05, 4.69) is 26.1 Å². The average Bonchev–Trinajstić information content (AvgIpc) is 2.54. The Balaban J connectivity index is 2.14. The fourth-order valence-corrected chi connectivity index (χ4v) is 4.83.